The van der Waals surface area contributed by atoms with Gasteiger partial charge < -0.3 is 10.6 Å². The van der Waals surface area contributed by atoms with Crippen molar-refractivity contribution >= 4 is 58.0 Å². The van der Waals surface area contributed by atoms with Crippen LogP contribution in [0.1, 0.15) is 17.3 Å². The lowest BCUT2D eigenvalue weighted by atomic mass is 10.2. The van der Waals surface area contributed by atoms with Gasteiger partial charge in [0.25, 0.3) is 5.91 Å². The predicted octanol–water partition coefficient (Wildman–Crippen LogP) is 4.86. The van der Waals surface area contributed by atoms with Gasteiger partial charge >= 0.3 is 0 Å². The zero-order valence-electron chi connectivity index (χ0n) is 11.4. The van der Waals surface area contributed by atoms with Gasteiger partial charge in [-0.2, -0.15) is 0 Å². The molecule has 0 aliphatic rings. The number of hydrogen-bond donors (Lipinski definition) is 2. The Bertz CT molecular complexity index is 730. The molecule has 2 aromatic rings. The summed E-state index contributed by atoms with van der Waals surface area (Å²) in [4.78, 5) is 23.1. The normalized spacial score (nSPS) is 10.2. The molecule has 0 heterocycles. The maximum absolute atomic E-state index is 12.2. The third kappa shape index (κ3) is 4.13. The Labute approximate surface area is 142 Å². The van der Waals surface area contributed by atoms with Gasteiger partial charge in [-0.15, -0.1) is 0 Å². The minimum atomic E-state index is -0.352. The first-order valence-electron chi connectivity index (χ1n) is 6.20. The number of carbonyl (C=O) groups is 2. The Morgan fingerprint density at radius 2 is 1.45 bits per heavy atom. The quantitative estimate of drug-likeness (QED) is 0.771. The van der Waals surface area contributed by atoms with Crippen LogP contribution in [0.5, 0.6) is 0 Å². The summed E-state index contributed by atoms with van der Waals surface area (Å²) in [5.74, 6) is -0.533. The number of carbonyl (C=O) groups excluding carboxylic acids is 2. The number of benzene rings is 2. The zero-order chi connectivity index (χ0) is 16.3. The molecule has 0 radical (unpaired) electrons. The Kier molecular flexibility index (Phi) is 5.29. The SMILES string of the molecule is CC(=O)Nc1ccc(C(=O)Nc2cc(Cl)c(Cl)cc2Cl)cc1. The molecule has 0 bridgehead atoms. The fourth-order valence-corrected chi connectivity index (χ4v) is 2.32. The molecule has 0 fully saturated rings. The lowest BCUT2D eigenvalue weighted by Gasteiger charge is -2.09. The van der Waals surface area contributed by atoms with Crippen LogP contribution in [0, 0.1) is 0 Å². The summed E-state index contributed by atoms with van der Waals surface area (Å²) in [5, 5.41) is 6.17. The van der Waals surface area contributed by atoms with Gasteiger partial charge in [-0.1, -0.05) is 34.8 Å². The molecule has 0 aromatic heterocycles. The highest BCUT2D eigenvalue weighted by molar-refractivity contribution is 6.44. The Morgan fingerprint density at radius 1 is 0.864 bits per heavy atom. The van der Waals surface area contributed by atoms with Gasteiger partial charge in [-0.25, -0.2) is 0 Å². The molecule has 0 atom stereocenters. The van der Waals surface area contributed by atoms with Crippen molar-refractivity contribution < 1.29 is 9.59 Å². The van der Waals surface area contributed by atoms with E-state index >= 15 is 0 Å². The number of amides is 2. The molecule has 0 unspecified atom stereocenters. The summed E-state index contributed by atoms with van der Waals surface area (Å²) in [6, 6.07) is 9.38. The van der Waals surface area contributed by atoms with Crippen molar-refractivity contribution in [3.05, 3.63) is 57.0 Å². The van der Waals surface area contributed by atoms with Crippen molar-refractivity contribution in [3.63, 3.8) is 0 Å². The zero-order valence-corrected chi connectivity index (χ0v) is 13.7. The summed E-state index contributed by atoms with van der Waals surface area (Å²) in [6.45, 7) is 1.41. The average molecular weight is 358 g/mol. The number of anilines is 2. The molecule has 4 nitrogen and oxygen atoms in total. The predicted molar refractivity (Wildman–Crippen MR) is 90.2 cm³/mol. The second-order valence-electron chi connectivity index (χ2n) is 4.46. The second-order valence-corrected chi connectivity index (χ2v) is 5.68. The van der Waals surface area contributed by atoms with Crippen molar-refractivity contribution in [1.29, 1.82) is 0 Å². The van der Waals surface area contributed by atoms with Crippen molar-refractivity contribution in [2.75, 3.05) is 10.6 Å². The van der Waals surface area contributed by atoms with Crippen molar-refractivity contribution in [2.24, 2.45) is 0 Å². The van der Waals surface area contributed by atoms with Crippen molar-refractivity contribution in [1.82, 2.24) is 0 Å². The Balaban J connectivity index is 2.15. The molecule has 0 aliphatic heterocycles. The van der Waals surface area contributed by atoms with E-state index in [0.717, 1.165) is 0 Å². The van der Waals surface area contributed by atoms with Gasteiger partial charge in [-0.3, -0.25) is 9.59 Å². The van der Waals surface area contributed by atoms with Crippen molar-refractivity contribution in [2.45, 2.75) is 6.92 Å². The van der Waals surface area contributed by atoms with Crippen LogP contribution in [-0.4, -0.2) is 11.8 Å². The van der Waals surface area contributed by atoms with Gasteiger partial charge in [0.05, 0.1) is 20.8 Å². The van der Waals surface area contributed by atoms with Gasteiger partial charge in [0.15, 0.2) is 0 Å². The fourth-order valence-electron chi connectivity index (χ4n) is 1.72. The number of halogens is 3. The molecule has 0 spiro atoms. The largest absolute Gasteiger partial charge is 0.326 e. The number of rotatable bonds is 3. The van der Waals surface area contributed by atoms with Crippen LogP contribution < -0.4 is 10.6 Å². The maximum Gasteiger partial charge on any atom is 0.255 e. The van der Waals surface area contributed by atoms with E-state index in [-0.39, 0.29) is 16.8 Å². The highest BCUT2D eigenvalue weighted by atomic mass is 35.5. The third-order valence-corrected chi connectivity index (χ3v) is 3.76. The minimum absolute atomic E-state index is 0.181. The topological polar surface area (TPSA) is 58.2 Å². The Morgan fingerprint density at radius 3 is 2.05 bits per heavy atom. The fraction of sp³-hybridized carbons (Fsp3) is 0.0667. The van der Waals surface area contributed by atoms with Gasteiger partial charge in [0.1, 0.15) is 0 Å². The molecule has 0 saturated heterocycles. The van der Waals surface area contributed by atoms with E-state index in [2.05, 4.69) is 10.6 Å². The molecule has 2 amide bonds. The molecule has 2 aromatic carbocycles. The summed E-state index contributed by atoms with van der Waals surface area (Å²) in [5.41, 5.74) is 1.39. The van der Waals surface area contributed by atoms with Crippen LogP contribution in [0.3, 0.4) is 0 Å². The molecule has 22 heavy (non-hydrogen) atoms. The van der Waals surface area contributed by atoms with E-state index in [1.165, 1.54) is 19.1 Å². The minimum Gasteiger partial charge on any atom is -0.326 e. The van der Waals surface area contributed by atoms with Crippen LogP contribution in [0.4, 0.5) is 11.4 Å². The van der Waals surface area contributed by atoms with Crippen LogP contribution in [-0.2, 0) is 4.79 Å². The van der Waals surface area contributed by atoms with E-state index in [0.29, 0.717) is 27.0 Å². The average Bonchev–Trinajstić information content (AvgIpc) is 2.44. The van der Waals surface area contributed by atoms with E-state index in [1.807, 2.05) is 0 Å². The van der Waals surface area contributed by atoms with Crippen LogP contribution in [0.15, 0.2) is 36.4 Å². The van der Waals surface area contributed by atoms with Gasteiger partial charge in [-0.05, 0) is 36.4 Å². The van der Waals surface area contributed by atoms with Gasteiger partial charge in [0, 0.05) is 18.2 Å². The van der Waals surface area contributed by atoms with Gasteiger partial charge in [0.2, 0.25) is 5.91 Å². The molecule has 7 heteroatoms. The summed E-state index contributed by atoms with van der Waals surface area (Å²) < 4.78 is 0. The number of hydrogen-bond acceptors (Lipinski definition) is 2. The highest BCUT2D eigenvalue weighted by Gasteiger charge is 2.11. The molecule has 0 aliphatic carbocycles. The summed E-state index contributed by atoms with van der Waals surface area (Å²) >= 11 is 17.7. The van der Waals surface area contributed by atoms with Crippen LogP contribution in [0.25, 0.3) is 0 Å². The molecule has 114 valence electrons. The molecule has 2 rings (SSSR count). The second kappa shape index (κ2) is 7.01. The smallest absolute Gasteiger partial charge is 0.255 e. The first-order chi connectivity index (χ1) is 10.4. The lowest BCUT2D eigenvalue weighted by molar-refractivity contribution is -0.114. The van der Waals surface area contributed by atoms with E-state index in [9.17, 15) is 9.59 Å². The molecular formula is C15H11Cl3N2O2. The number of nitrogens with one attached hydrogen (secondary N) is 2. The van der Waals surface area contributed by atoms with Crippen LogP contribution >= 0.6 is 34.8 Å². The molecule has 0 saturated carbocycles. The highest BCUT2D eigenvalue weighted by Crippen LogP contribution is 2.32. The molecule has 2 N–H and O–H groups in total. The van der Waals surface area contributed by atoms with E-state index < -0.39 is 0 Å². The van der Waals surface area contributed by atoms with Crippen molar-refractivity contribution in [3.8, 4) is 0 Å². The van der Waals surface area contributed by atoms with E-state index in [1.54, 1.807) is 24.3 Å². The first-order valence-corrected chi connectivity index (χ1v) is 7.34. The molecular weight excluding hydrogens is 347 g/mol. The van der Waals surface area contributed by atoms with Crippen LogP contribution in [0.2, 0.25) is 15.1 Å². The lowest BCUT2D eigenvalue weighted by Crippen LogP contribution is -2.12. The first kappa shape index (κ1) is 16.6. The van der Waals surface area contributed by atoms with E-state index in [4.69, 9.17) is 34.8 Å². The maximum atomic E-state index is 12.2. The monoisotopic (exact) mass is 356 g/mol. The Hall–Kier alpha value is -1.75. The standard InChI is InChI=1S/C15H11Cl3N2O2/c1-8(21)19-10-4-2-9(3-5-10)15(22)20-14-7-12(17)11(16)6-13(14)18/h2-7H,1H3,(H,19,21)(H,20,22). The summed E-state index contributed by atoms with van der Waals surface area (Å²) in [7, 11) is 0. The summed E-state index contributed by atoms with van der Waals surface area (Å²) in [6.07, 6.45) is 0. The third-order valence-electron chi connectivity index (χ3n) is 2.73.